The van der Waals surface area contributed by atoms with Gasteiger partial charge in [-0.3, -0.25) is 9.69 Å². The van der Waals surface area contributed by atoms with E-state index >= 15 is 0 Å². The average Bonchev–Trinajstić information content (AvgIpc) is 2.54. The van der Waals surface area contributed by atoms with Crippen LogP contribution in [0.4, 0.5) is 4.79 Å². The minimum absolute atomic E-state index is 0.0221. The molecule has 0 N–H and O–H groups in total. The minimum Gasteiger partial charge on any atom is -0.444 e. The summed E-state index contributed by atoms with van der Waals surface area (Å²) in [5.41, 5.74) is 1.72. The van der Waals surface area contributed by atoms with Gasteiger partial charge in [0.25, 0.3) is 0 Å². The Bertz CT molecular complexity index is 604. The lowest BCUT2D eigenvalue weighted by Crippen LogP contribution is -2.53. The summed E-state index contributed by atoms with van der Waals surface area (Å²) in [6.45, 7) is 8.68. The lowest BCUT2D eigenvalue weighted by atomic mass is 10.0. The molecule has 5 nitrogen and oxygen atoms in total. The summed E-state index contributed by atoms with van der Waals surface area (Å²) in [6, 6.07) is 7.72. The van der Waals surface area contributed by atoms with Crippen molar-refractivity contribution >= 4 is 12.0 Å². The Labute approximate surface area is 150 Å². The third kappa shape index (κ3) is 5.48. The maximum atomic E-state index is 12.9. The summed E-state index contributed by atoms with van der Waals surface area (Å²) >= 11 is 0. The number of hydrogen-bond acceptors (Lipinski definition) is 3. The van der Waals surface area contributed by atoms with E-state index in [0.717, 1.165) is 18.4 Å². The zero-order valence-corrected chi connectivity index (χ0v) is 16.0. The molecule has 138 valence electrons. The molecule has 0 spiro atoms. The van der Waals surface area contributed by atoms with Gasteiger partial charge in [0.15, 0.2) is 0 Å². The van der Waals surface area contributed by atoms with Crippen LogP contribution in [0, 0.1) is 6.92 Å². The molecule has 1 aliphatic rings. The molecule has 0 aromatic heterocycles. The fourth-order valence-corrected chi connectivity index (χ4v) is 3.03. The number of benzene rings is 1. The van der Waals surface area contributed by atoms with E-state index in [0.29, 0.717) is 19.5 Å². The van der Waals surface area contributed by atoms with Gasteiger partial charge >= 0.3 is 6.09 Å². The number of piperidine rings is 1. The SMILES string of the molecule is Cc1ccc(CN(C)C(=O)[C@H]2CCCCN2C(=O)OC(C)(C)C)cc1. The predicted molar refractivity (Wildman–Crippen MR) is 98.2 cm³/mol. The Morgan fingerprint density at radius 3 is 2.44 bits per heavy atom. The molecule has 1 saturated heterocycles. The highest BCUT2D eigenvalue weighted by Gasteiger charge is 2.36. The maximum absolute atomic E-state index is 12.9. The van der Waals surface area contributed by atoms with Crippen molar-refractivity contribution in [2.24, 2.45) is 0 Å². The van der Waals surface area contributed by atoms with Gasteiger partial charge < -0.3 is 9.64 Å². The first-order valence-corrected chi connectivity index (χ1v) is 8.97. The first-order valence-electron chi connectivity index (χ1n) is 8.97. The molecule has 5 heteroatoms. The molecule has 0 radical (unpaired) electrons. The summed E-state index contributed by atoms with van der Waals surface area (Å²) < 4.78 is 5.49. The number of carbonyl (C=O) groups is 2. The van der Waals surface area contributed by atoms with Gasteiger partial charge in [0.2, 0.25) is 5.91 Å². The normalized spacial score (nSPS) is 18.0. The number of carbonyl (C=O) groups excluding carboxylic acids is 2. The second-order valence-electron chi connectivity index (χ2n) is 7.87. The minimum atomic E-state index is -0.560. The van der Waals surface area contributed by atoms with Crippen molar-refractivity contribution in [2.75, 3.05) is 13.6 Å². The summed E-state index contributed by atoms with van der Waals surface area (Å²) in [6.07, 6.45) is 2.16. The molecule has 1 aromatic carbocycles. The Morgan fingerprint density at radius 2 is 1.84 bits per heavy atom. The number of nitrogens with zero attached hydrogens (tertiary/aromatic N) is 2. The number of aryl methyl sites for hydroxylation is 1. The largest absolute Gasteiger partial charge is 0.444 e. The van der Waals surface area contributed by atoms with Crippen LogP contribution >= 0.6 is 0 Å². The highest BCUT2D eigenvalue weighted by molar-refractivity contribution is 5.85. The number of rotatable bonds is 3. The molecule has 2 rings (SSSR count). The summed E-state index contributed by atoms with van der Waals surface area (Å²) in [5.74, 6) is -0.0221. The molecule has 1 aliphatic heterocycles. The third-order valence-corrected chi connectivity index (χ3v) is 4.33. The predicted octanol–water partition coefficient (Wildman–Crippen LogP) is 3.74. The van der Waals surface area contributed by atoms with Gasteiger partial charge in [-0.2, -0.15) is 0 Å². The van der Waals surface area contributed by atoms with E-state index in [4.69, 9.17) is 4.74 Å². The standard InChI is InChI=1S/C20H30N2O3/c1-15-9-11-16(12-10-15)14-21(5)18(23)17-8-6-7-13-22(17)19(24)25-20(2,3)4/h9-12,17H,6-8,13-14H2,1-5H3/t17-/m1/s1. The molecule has 0 saturated carbocycles. The lowest BCUT2D eigenvalue weighted by molar-refractivity contribution is -0.137. The number of likely N-dealkylation sites (N-methyl/N-ethyl adjacent to an activating group) is 1. The van der Waals surface area contributed by atoms with Crippen molar-refractivity contribution in [1.82, 2.24) is 9.80 Å². The molecule has 2 amide bonds. The van der Waals surface area contributed by atoms with E-state index < -0.39 is 17.7 Å². The van der Waals surface area contributed by atoms with E-state index in [1.54, 1.807) is 16.8 Å². The van der Waals surface area contributed by atoms with Crippen LogP contribution in [0.2, 0.25) is 0 Å². The van der Waals surface area contributed by atoms with E-state index in [-0.39, 0.29) is 5.91 Å². The van der Waals surface area contributed by atoms with Gasteiger partial charge in [0.05, 0.1) is 0 Å². The third-order valence-electron chi connectivity index (χ3n) is 4.33. The first-order chi connectivity index (χ1) is 11.7. The smallest absolute Gasteiger partial charge is 0.410 e. The topological polar surface area (TPSA) is 49.9 Å². The molecular formula is C20H30N2O3. The lowest BCUT2D eigenvalue weighted by Gasteiger charge is -2.37. The van der Waals surface area contributed by atoms with E-state index in [1.807, 2.05) is 52.0 Å². The van der Waals surface area contributed by atoms with Gasteiger partial charge in [-0.25, -0.2) is 4.79 Å². The molecule has 0 bridgehead atoms. The van der Waals surface area contributed by atoms with Crippen molar-refractivity contribution in [3.8, 4) is 0 Å². The number of ether oxygens (including phenoxy) is 1. The summed E-state index contributed by atoms with van der Waals surface area (Å²) in [5, 5.41) is 0. The number of hydrogen-bond donors (Lipinski definition) is 0. The van der Waals surface area contributed by atoms with Crippen molar-refractivity contribution < 1.29 is 14.3 Å². The monoisotopic (exact) mass is 346 g/mol. The molecular weight excluding hydrogens is 316 g/mol. The Hall–Kier alpha value is -2.04. The zero-order valence-electron chi connectivity index (χ0n) is 16.0. The highest BCUT2D eigenvalue weighted by Crippen LogP contribution is 2.22. The van der Waals surface area contributed by atoms with Crippen molar-refractivity contribution in [3.05, 3.63) is 35.4 Å². The molecule has 1 atom stereocenters. The van der Waals surface area contributed by atoms with E-state index in [9.17, 15) is 9.59 Å². The second-order valence-corrected chi connectivity index (χ2v) is 7.87. The fraction of sp³-hybridized carbons (Fsp3) is 0.600. The van der Waals surface area contributed by atoms with Gasteiger partial charge in [-0.1, -0.05) is 29.8 Å². The molecule has 1 fully saturated rings. The van der Waals surface area contributed by atoms with Crippen LogP contribution in [-0.4, -0.2) is 47.0 Å². The Kier molecular flexibility index (Phi) is 6.09. The molecule has 25 heavy (non-hydrogen) atoms. The quantitative estimate of drug-likeness (QED) is 0.838. The molecule has 1 heterocycles. The first kappa shape index (κ1) is 19.3. The van der Waals surface area contributed by atoms with Crippen molar-refractivity contribution in [2.45, 2.75) is 65.1 Å². The molecule has 0 aliphatic carbocycles. The van der Waals surface area contributed by atoms with Crippen molar-refractivity contribution in [1.29, 1.82) is 0 Å². The van der Waals surface area contributed by atoms with Crippen LogP contribution in [0.3, 0.4) is 0 Å². The van der Waals surface area contributed by atoms with Crippen LogP contribution in [-0.2, 0) is 16.1 Å². The van der Waals surface area contributed by atoms with Gasteiger partial charge in [0, 0.05) is 20.1 Å². The summed E-state index contributed by atoms with van der Waals surface area (Å²) in [4.78, 5) is 28.7. The van der Waals surface area contributed by atoms with Crippen LogP contribution < -0.4 is 0 Å². The van der Waals surface area contributed by atoms with E-state index in [1.165, 1.54) is 5.56 Å². The van der Waals surface area contributed by atoms with Gasteiger partial charge in [-0.05, 0) is 52.5 Å². The van der Waals surface area contributed by atoms with Crippen molar-refractivity contribution in [3.63, 3.8) is 0 Å². The molecule has 0 unspecified atom stereocenters. The van der Waals surface area contributed by atoms with Crippen LogP contribution in [0.15, 0.2) is 24.3 Å². The maximum Gasteiger partial charge on any atom is 0.410 e. The van der Waals surface area contributed by atoms with Crippen LogP contribution in [0.25, 0.3) is 0 Å². The molecule has 1 aromatic rings. The average molecular weight is 346 g/mol. The highest BCUT2D eigenvalue weighted by atomic mass is 16.6. The van der Waals surface area contributed by atoms with Crippen LogP contribution in [0.5, 0.6) is 0 Å². The van der Waals surface area contributed by atoms with Crippen LogP contribution in [0.1, 0.15) is 51.2 Å². The fourth-order valence-electron chi connectivity index (χ4n) is 3.03. The van der Waals surface area contributed by atoms with Gasteiger partial charge in [0.1, 0.15) is 11.6 Å². The van der Waals surface area contributed by atoms with E-state index in [2.05, 4.69) is 0 Å². The number of likely N-dealkylation sites (tertiary alicyclic amines) is 1. The zero-order chi connectivity index (χ0) is 18.6. The second kappa shape index (κ2) is 7.89. The number of amides is 2. The Morgan fingerprint density at radius 1 is 1.20 bits per heavy atom. The summed E-state index contributed by atoms with van der Waals surface area (Å²) in [7, 11) is 1.80. The van der Waals surface area contributed by atoms with Gasteiger partial charge in [-0.15, -0.1) is 0 Å². The Balaban J connectivity index is 2.05.